The molecule has 0 spiro atoms. The third kappa shape index (κ3) is 7.94. The second-order valence-corrected chi connectivity index (χ2v) is 7.09. The zero-order chi connectivity index (χ0) is 14.3. The fourth-order valence-electron chi connectivity index (χ4n) is 4.28. The Labute approximate surface area is 166 Å². The van der Waals surface area contributed by atoms with Gasteiger partial charge in [0.2, 0.25) is 0 Å². The second kappa shape index (κ2) is 13.9. The van der Waals surface area contributed by atoms with E-state index in [0.29, 0.717) is 0 Å². The molecule has 146 valence electrons. The van der Waals surface area contributed by atoms with E-state index in [1.807, 2.05) is 0 Å². The summed E-state index contributed by atoms with van der Waals surface area (Å²) in [4.78, 5) is 5.40. The van der Waals surface area contributed by atoms with Crippen LogP contribution in [0.25, 0.3) is 0 Å². The number of morpholine rings is 1. The molecule has 24 heavy (non-hydrogen) atoms. The van der Waals surface area contributed by atoms with Crippen LogP contribution < -0.4 is 5.32 Å². The van der Waals surface area contributed by atoms with Crippen molar-refractivity contribution in [3.8, 4) is 0 Å². The summed E-state index contributed by atoms with van der Waals surface area (Å²) >= 11 is 0. The molecule has 0 aromatic heterocycles. The molecule has 0 aromatic rings. The molecule has 1 N–H and O–H groups in total. The van der Waals surface area contributed by atoms with Crippen LogP contribution in [0.4, 0.5) is 0 Å². The smallest absolute Gasteiger partial charge is 0.0594 e. The van der Waals surface area contributed by atoms with Crippen LogP contribution >= 0.6 is 37.2 Å². The third-order valence-corrected chi connectivity index (χ3v) is 5.57. The van der Waals surface area contributed by atoms with Gasteiger partial charge < -0.3 is 10.1 Å². The predicted octanol–water partition coefficient (Wildman–Crippen LogP) is 2.83. The number of nitrogens with zero attached hydrogens (tertiary/aromatic N) is 2. The fourth-order valence-corrected chi connectivity index (χ4v) is 4.28. The van der Waals surface area contributed by atoms with Crippen LogP contribution in [0, 0.1) is 5.92 Å². The maximum Gasteiger partial charge on any atom is 0.0594 e. The minimum Gasteiger partial charge on any atom is -0.379 e. The van der Waals surface area contributed by atoms with Gasteiger partial charge >= 0.3 is 0 Å². The van der Waals surface area contributed by atoms with Crippen LogP contribution in [-0.4, -0.2) is 74.9 Å². The Bertz CT molecular complexity index is 275. The van der Waals surface area contributed by atoms with Crippen molar-refractivity contribution in [1.29, 1.82) is 0 Å². The van der Waals surface area contributed by atoms with Gasteiger partial charge in [-0.05, 0) is 12.3 Å². The molecule has 2 heterocycles. The highest BCUT2D eigenvalue weighted by atomic mass is 35.5. The number of halogens is 3. The van der Waals surface area contributed by atoms with Gasteiger partial charge in [-0.2, -0.15) is 0 Å². The molecule has 3 rings (SSSR count). The first-order chi connectivity index (χ1) is 10.4. The molecule has 0 amide bonds. The van der Waals surface area contributed by atoms with Crippen molar-refractivity contribution in [1.82, 2.24) is 15.1 Å². The third-order valence-electron chi connectivity index (χ3n) is 5.57. The number of hydrogen-bond acceptors (Lipinski definition) is 4. The van der Waals surface area contributed by atoms with Gasteiger partial charge in [-0.1, -0.05) is 32.1 Å². The molecule has 2 saturated heterocycles. The second-order valence-electron chi connectivity index (χ2n) is 7.09. The topological polar surface area (TPSA) is 27.7 Å². The molecule has 3 aliphatic rings. The van der Waals surface area contributed by atoms with Gasteiger partial charge in [0.05, 0.1) is 13.2 Å². The summed E-state index contributed by atoms with van der Waals surface area (Å²) < 4.78 is 5.51. The molecule has 1 atom stereocenters. The highest BCUT2D eigenvalue weighted by Crippen LogP contribution is 2.29. The largest absolute Gasteiger partial charge is 0.379 e. The Balaban J connectivity index is 0.00000176. The summed E-state index contributed by atoms with van der Waals surface area (Å²) in [7, 11) is 0. The standard InChI is InChI=1S/C17H33N3O.3ClH/c1-2-4-16(5-3-1)14-17(20-8-6-18-7-9-20)15-19-10-12-21-13-11-19;;;/h16-18H,1-15H2;3*1H. The molecule has 1 saturated carbocycles. The normalized spacial score (nSPS) is 25.0. The molecule has 1 unspecified atom stereocenters. The number of ether oxygens (including phenoxy) is 1. The maximum absolute atomic E-state index is 5.51. The van der Waals surface area contributed by atoms with E-state index < -0.39 is 0 Å². The lowest BCUT2D eigenvalue weighted by atomic mass is 9.84. The maximum atomic E-state index is 5.51. The van der Waals surface area contributed by atoms with Crippen molar-refractivity contribution in [2.24, 2.45) is 5.92 Å². The van der Waals surface area contributed by atoms with E-state index >= 15 is 0 Å². The summed E-state index contributed by atoms with van der Waals surface area (Å²) in [6, 6.07) is 0.772. The molecule has 0 bridgehead atoms. The van der Waals surface area contributed by atoms with Gasteiger partial charge in [-0.25, -0.2) is 0 Å². The van der Waals surface area contributed by atoms with Gasteiger partial charge in [-0.15, -0.1) is 37.2 Å². The summed E-state index contributed by atoms with van der Waals surface area (Å²) in [5.41, 5.74) is 0. The summed E-state index contributed by atoms with van der Waals surface area (Å²) in [5, 5.41) is 3.50. The van der Waals surface area contributed by atoms with Crippen LogP contribution in [0.3, 0.4) is 0 Å². The minimum absolute atomic E-state index is 0. The highest BCUT2D eigenvalue weighted by Gasteiger charge is 2.27. The Morgan fingerprint density at radius 1 is 0.875 bits per heavy atom. The quantitative estimate of drug-likeness (QED) is 0.762. The van der Waals surface area contributed by atoms with Gasteiger partial charge in [0.1, 0.15) is 0 Å². The van der Waals surface area contributed by atoms with Crippen LogP contribution in [0.1, 0.15) is 38.5 Å². The first-order valence-electron chi connectivity index (χ1n) is 9.17. The molecule has 7 heteroatoms. The van der Waals surface area contributed by atoms with Crippen LogP contribution in [0.15, 0.2) is 0 Å². The predicted molar refractivity (Wildman–Crippen MR) is 108 cm³/mol. The molecule has 1 aliphatic carbocycles. The van der Waals surface area contributed by atoms with E-state index in [-0.39, 0.29) is 37.2 Å². The molecular formula is C17H36Cl3N3O. The summed E-state index contributed by atoms with van der Waals surface area (Å²) in [5.74, 6) is 0.986. The fraction of sp³-hybridized carbons (Fsp3) is 1.00. The van der Waals surface area contributed by atoms with Crippen molar-refractivity contribution in [3.63, 3.8) is 0 Å². The summed E-state index contributed by atoms with van der Waals surface area (Å²) in [6.07, 6.45) is 8.79. The average molecular weight is 405 g/mol. The zero-order valence-electron chi connectivity index (χ0n) is 14.8. The van der Waals surface area contributed by atoms with Crippen molar-refractivity contribution in [3.05, 3.63) is 0 Å². The van der Waals surface area contributed by atoms with E-state index in [2.05, 4.69) is 15.1 Å². The Kier molecular flexibility index (Phi) is 14.3. The molecule has 0 radical (unpaired) electrons. The van der Waals surface area contributed by atoms with E-state index in [9.17, 15) is 0 Å². The van der Waals surface area contributed by atoms with Gasteiger partial charge in [-0.3, -0.25) is 9.80 Å². The lowest BCUT2D eigenvalue weighted by Gasteiger charge is -2.40. The number of piperazine rings is 1. The van der Waals surface area contributed by atoms with E-state index in [4.69, 9.17) is 4.74 Å². The van der Waals surface area contributed by atoms with Crippen LogP contribution in [-0.2, 0) is 4.74 Å². The Morgan fingerprint density at radius 3 is 2.12 bits per heavy atom. The Morgan fingerprint density at radius 2 is 1.50 bits per heavy atom. The monoisotopic (exact) mass is 403 g/mol. The van der Waals surface area contributed by atoms with Crippen LogP contribution in [0.5, 0.6) is 0 Å². The molecule has 3 fully saturated rings. The number of hydrogen-bond donors (Lipinski definition) is 1. The lowest BCUT2D eigenvalue weighted by Crippen LogP contribution is -2.53. The van der Waals surface area contributed by atoms with Crippen molar-refractivity contribution < 1.29 is 4.74 Å². The molecule has 2 aliphatic heterocycles. The van der Waals surface area contributed by atoms with Crippen LogP contribution in [0.2, 0.25) is 0 Å². The van der Waals surface area contributed by atoms with Gasteiger partial charge in [0.15, 0.2) is 0 Å². The minimum atomic E-state index is 0. The average Bonchev–Trinajstić information content (AvgIpc) is 2.57. The first-order valence-corrected chi connectivity index (χ1v) is 9.17. The summed E-state index contributed by atoms with van der Waals surface area (Å²) in [6.45, 7) is 10.2. The molecule has 4 nitrogen and oxygen atoms in total. The van der Waals surface area contributed by atoms with Crippen molar-refractivity contribution in [2.45, 2.75) is 44.6 Å². The van der Waals surface area contributed by atoms with Crippen molar-refractivity contribution in [2.75, 3.05) is 59.0 Å². The molecular weight excluding hydrogens is 369 g/mol. The molecule has 0 aromatic carbocycles. The van der Waals surface area contributed by atoms with E-state index in [1.165, 1.54) is 71.2 Å². The number of rotatable bonds is 5. The lowest BCUT2D eigenvalue weighted by molar-refractivity contribution is 0.0165. The number of nitrogens with one attached hydrogen (secondary N) is 1. The van der Waals surface area contributed by atoms with Crippen molar-refractivity contribution >= 4 is 37.2 Å². The van der Waals surface area contributed by atoms with Gasteiger partial charge in [0.25, 0.3) is 0 Å². The highest BCUT2D eigenvalue weighted by molar-refractivity contribution is 5.86. The Hall–Kier alpha value is 0.710. The van der Waals surface area contributed by atoms with E-state index in [1.54, 1.807) is 0 Å². The SMILES string of the molecule is C1CCC(CC(CN2CCOCC2)N2CCNCC2)CC1.Cl.Cl.Cl. The first kappa shape index (κ1) is 24.7. The zero-order valence-corrected chi connectivity index (χ0v) is 17.2. The van der Waals surface area contributed by atoms with Gasteiger partial charge in [0, 0.05) is 51.9 Å². The van der Waals surface area contributed by atoms with E-state index in [0.717, 1.165) is 38.3 Å².